The predicted molar refractivity (Wildman–Crippen MR) is 71.9 cm³/mol. The number of fused-ring (bicyclic) bond motifs is 3. The van der Waals surface area contributed by atoms with Crippen LogP contribution >= 0.6 is 0 Å². The summed E-state index contributed by atoms with van der Waals surface area (Å²) in [6, 6.07) is 4.48. The Morgan fingerprint density at radius 1 is 1.40 bits per heavy atom. The van der Waals surface area contributed by atoms with Gasteiger partial charge in [0, 0.05) is 13.6 Å². The lowest BCUT2D eigenvalue weighted by Gasteiger charge is -2.14. The Balaban J connectivity index is 2.31. The first-order chi connectivity index (χ1) is 9.61. The van der Waals surface area contributed by atoms with Crippen LogP contribution in [-0.4, -0.2) is 27.4 Å². The fraction of sp³-hybridized carbons (Fsp3) is 0.200. The van der Waals surface area contributed by atoms with Crippen LogP contribution in [0.15, 0.2) is 24.5 Å². The minimum atomic E-state index is -0.318. The summed E-state index contributed by atoms with van der Waals surface area (Å²) in [4.78, 5) is 18.2. The van der Waals surface area contributed by atoms with E-state index in [1.807, 2.05) is 0 Å². The van der Waals surface area contributed by atoms with E-state index in [1.165, 1.54) is 12.1 Å². The van der Waals surface area contributed by atoms with E-state index in [0.717, 1.165) is 11.3 Å². The Morgan fingerprint density at radius 2 is 2.20 bits per heavy atom. The van der Waals surface area contributed by atoms with Crippen molar-refractivity contribution in [3.8, 4) is 17.5 Å². The molecule has 2 heterocycles. The van der Waals surface area contributed by atoms with E-state index in [-0.39, 0.29) is 11.7 Å². The maximum atomic E-state index is 13.4. The summed E-state index contributed by atoms with van der Waals surface area (Å²) in [5.41, 5.74) is 2.37. The molecule has 0 saturated carbocycles. The minimum absolute atomic E-state index is 0.170. The summed E-state index contributed by atoms with van der Waals surface area (Å²) in [5, 5.41) is 0. The lowest BCUT2D eigenvalue weighted by atomic mass is 10.1. The third kappa shape index (κ3) is 1.77. The molecule has 1 aromatic heterocycles. The molecule has 0 N–H and O–H groups in total. The molecule has 0 fully saturated rings. The second-order valence-electron chi connectivity index (χ2n) is 4.62. The van der Waals surface area contributed by atoms with Crippen LogP contribution in [0.3, 0.4) is 0 Å². The highest BCUT2D eigenvalue weighted by atomic mass is 19.1. The summed E-state index contributed by atoms with van der Waals surface area (Å²) in [6.45, 7) is 2.05. The fourth-order valence-corrected chi connectivity index (χ4v) is 2.37. The molecule has 0 atom stereocenters. The Kier molecular flexibility index (Phi) is 2.79. The molecular weight excluding hydrogens is 257 g/mol. The zero-order valence-electron chi connectivity index (χ0n) is 11.1. The maximum Gasteiger partial charge on any atom is 0.273 e. The number of carbonyl (C=O) groups is 1. The average molecular weight is 269 g/mol. The minimum Gasteiger partial charge on any atom is -0.336 e. The van der Waals surface area contributed by atoms with Crippen molar-refractivity contribution < 1.29 is 9.18 Å². The first-order valence-electron chi connectivity index (χ1n) is 6.16. The number of rotatable bonds is 0. The van der Waals surface area contributed by atoms with Gasteiger partial charge in [0.15, 0.2) is 0 Å². The summed E-state index contributed by atoms with van der Waals surface area (Å²) >= 11 is 0. The molecule has 3 rings (SSSR count). The molecule has 2 aromatic rings. The van der Waals surface area contributed by atoms with Crippen molar-refractivity contribution in [1.82, 2.24) is 14.5 Å². The standard InChI is InChI=1S/C15H12FN3O/c1-3-4-12-14-15(20)18(2)8-10-7-11(16)5-6-13(10)19(14)9-17-12/h5-7,9H,8H2,1-2H3. The molecule has 20 heavy (non-hydrogen) atoms. The Morgan fingerprint density at radius 3 is 2.95 bits per heavy atom. The van der Waals surface area contributed by atoms with E-state index in [1.54, 1.807) is 35.8 Å². The smallest absolute Gasteiger partial charge is 0.273 e. The maximum absolute atomic E-state index is 13.4. The Labute approximate surface area is 115 Å². The van der Waals surface area contributed by atoms with Crippen molar-refractivity contribution in [3.63, 3.8) is 0 Å². The van der Waals surface area contributed by atoms with E-state index < -0.39 is 0 Å². The lowest BCUT2D eigenvalue weighted by molar-refractivity contribution is 0.0782. The summed E-state index contributed by atoms with van der Waals surface area (Å²) in [7, 11) is 1.68. The van der Waals surface area contributed by atoms with Crippen molar-refractivity contribution in [2.24, 2.45) is 0 Å². The van der Waals surface area contributed by atoms with Crippen molar-refractivity contribution in [2.75, 3.05) is 7.05 Å². The Hall–Kier alpha value is -2.61. The van der Waals surface area contributed by atoms with Gasteiger partial charge < -0.3 is 4.90 Å². The number of halogens is 1. The number of nitrogens with zero attached hydrogens (tertiary/aromatic N) is 3. The number of hydrogen-bond acceptors (Lipinski definition) is 2. The molecule has 0 bridgehead atoms. The molecule has 0 spiro atoms. The van der Waals surface area contributed by atoms with Crippen LogP contribution in [0, 0.1) is 17.7 Å². The van der Waals surface area contributed by atoms with Crippen LogP contribution in [0.1, 0.15) is 28.7 Å². The van der Waals surface area contributed by atoms with Crippen molar-refractivity contribution in [1.29, 1.82) is 0 Å². The molecule has 1 aliphatic heterocycles. The number of amides is 1. The van der Waals surface area contributed by atoms with Crippen LogP contribution in [0.25, 0.3) is 5.69 Å². The molecule has 1 amide bonds. The second kappa shape index (κ2) is 4.49. The van der Waals surface area contributed by atoms with E-state index in [0.29, 0.717) is 17.9 Å². The normalized spacial score (nSPS) is 13.2. The monoisotopic (exact) mass is 269 g/mol. The van der Waals surface area contributed by atoms with Crippen LogP contribution in [0.4, 0.5) is 4.39 Å². The van der Waals surface area contributed by atoms with Gasteiger partial charge in [0.05, 0.1) is 5.69 Å². The molecule has 1 aliphatic rings. The lowest BCUT2D eigenvalue weighted by Crippen LogP contribution is -2.26. The van der Waals surface area contributed by atoms with Gasteiger partial charge in [-0.1, -0.05) is 5.92 Å². The van der Waals surface area contributed by atoms with Crippen molar-refractivity contribution in [3.05, 3.63) is 47.3 Å². The average Bonchev–Trinajstić information content (AvgIpc) is 2.78. The van der Waals surface area contributed by atoms with Gasteiger partial charge in [-0.3, -0.25) is 9.36 Å². The first kappa shape index (κ1) is 12.4. The highest BCUT2D eigenvalue weighted by Gasteiger charge is 2.27. The van der Waals surface area contributed by atoms with Gasteiger partial charge in [0.25, 0.3) is 5.91 Å². The van der Waals surface area contributed by atoms with Gasteiger partial charge in [0.2, 0.25) is 0 Å². The van der Waals surface area contributed by atoms with E-state index >= 15 is 0 Å². The van der Waals surface area contributed by atoms with Gasteiger partial charge >= 0.3 is 0 Å². The van der Waals surface area contributed by atoms with Crippen LogP contribution < -0.4 is 0 Å². The van der Waals surface area contributed by atoms with E-state index in [4.69, 9.17) is 0 Å². The number of aromatic nitrogens is 2. The number of imidazole rings is 1. The molecule has 100 valence electrons. The number of hydrogen-bond donors (Lipinski definition) is 0. The van der Waals surface area contributed by atoms with Crippen molar-refractivity contribution in [2.45, 2.75) is 13.5 Å². The SMILES string of the molecule is CC#Cc1ncn2c1C(=O)N(C)Cc1cc(F)ccc1-2. The van der Waals surface area contributed by atoms with Gasteiger partial charge in [-0.15, -0.1) is 0 Å². The second-order valence-corrected chi connectivity index (χ2v) is 4.62. The molecule has 0 unspecified atom stereocenters. The highest BCUT2D eigenvalue weighted by molar-refractivity contribution is 5.96. The quantitative estimate of drug-likeness (QED) is 0.686. The summed E-state index contributed by atoms with van der Waals surface area (Å²) in [6.07, 6.45) is 1.56. The van der Waals surface area contributed by atoms with Gasteiger partial charge in [-0.2, -0.15) is 0 Å². The predicted octanol–water partition coefficient (Wildman–Crippen LogP) is 1.97. The van der Waals surface area contributed by atoms with E-state index in [2.05, 4.69) is 16.8 Å². The molecule has 4 nitrogen and oxygen atoms in total. The van der Waals surface area contributed by atoms with E-state index in [9.17, 15) is 9.18 Å². The molecule has 0 aliphatic carbocycles. The highest BCUT2D eigenvalue weighted by Crippen LogP contribution is 2.25. The molecule has 0 saturated heterocycles. The summed E-state index contributed by atoms with van der Waals surface area (Å²) in [5.74, 6) is 5.10. The fourth-order valence-electron chi connectivity index (χ4n) is 2.37. The van der Waals surface area contributed by atoms with Gasteiger partial charge in [-0.25, -0.2) is 9.37 Å². The molecule has 5 heteroatoms. The summed E-state index contributed by atoms with van der Waals surface area (Å²) < 4.78 is 15.1. The zero-order valence-corrected chi connectivity index (χ0v) is 11.1. The molecule has 1 aromatic carbocycles. The first-order valence-corrected chi connectivity index (χ1v) is 6.16. The van der Waals surface area contributed by atoms with Crippen LogP contribution in [0.2, 0.25) is 0 Å². The van der Waals surface area contributed by atoms with Crippen LogP contribution in [-0.2, 0) is 6.54 Å². The third-order valence-electron chi connectivity index (χ3n) is 3.27. The largest absolute Gasteiger partial charge is 0.336 e. The third-order valence-corrected chi connectivity index (χ3v) is 3.27. The van der Waals surface area contributed by atoms with Crippen molar-refractivity contribution >= 4 is 5.91 Å². The topological polar surface area (TPSA) is 38.1 Å². The number of carbonyl (C=O) groups excluding carboxylic acids is 1. The van der Waals surface area contributed by atoms with Crippen LogP contribution in [0.5, 0.6) is 0 Å². The Bertz CT molecular complexity index is 767. The van der Waals surface area contributed by atoms with Gasteiger partial charge in [0.1, 0.15) is 23.5 Å². The number of benzene rings is 1. The molecule has 0 radical (unpaired) electrons. The molecular formula is C15H12FN3O. The van der Waals surface area contributed by atoms with Gasteiger partial charge in [-0.05, 0) is 36.6 Å². The zero-order chi connectivity index (χ0) is 14.3.